The quantitative estimate of drug-likeness (QED) is 0.860. The van der Waals surface area contributed by atoms with E-state index in [1.165, 1.54) is 0 Å². The van der Waals surface area contributed by atoms with Crippen molar-refractivity contribution in [3.05, 3.63) is 59.9 Å². The number of rotatable bonds is 4. The molecular weight excluding hydrogens is 316 g/mol. The highest BCUT2D eigenvalue weighted by atomic mass is 32.2. The van der Waals surface area contributed by atoms with Gasteiger partial charge in [-0.1, -0.05) is 24.3 Å². The number of hydrogen-bond donors (Lipinski definition) is 1. The van der Waals surface area contributed by atoms with E-state index in [2.05, 4.69) is 10.5 Å². The van der Waals surface area contributed by atoms with Crippen molar-refractivity contribution in [2.45, 2.75) is 23.8 Å². The van der Waals surface area contributed by atoms with Crippen LogP contribution < -0.4 is 5.48 Å². The van der Waals surface area contributed by atoms with Gasteiger partial charge in [0.15, 0.2) is 9.84 Å². The molecule has 23 heavy (non-hydrogen) atoms. The van der Waals surface area contributed by atoms with E-state index >= 15 is 0 Å². The predicted molar refractivity (Wildman–Crippen MR) is 83.0 cm³/mol. The zero-order chi connectivity index (χ0) is 16.3. The van der Waals surface area contributed by atoms with Gasteiger partial charge in [-0.05, 0) is 29.7 Å². The third-order valence-corrected chi connectivity index (χ3v) is 5.57. The predicted octanol–water partition coefficient (Wildman–Crippen LogP) is 1.59. The van der Waals surface area contributed by atoms with Gasteiger partial charge in [0, 0.05) is 12.4 Å². The highest BCUT2D eigenvalue weighted by Crippen LogP contribution is 2.33. The number of fused-ring (bicyclic) bond motifs is 1. The van der Waals surface area contributed by atoms with Gasteiger partial charge in [-0.25, -0.2) is 13.9 Å². The topological polar surface area (TPSA) is 85.4 Å². The molecule has 1 amide bonds. The lowest BCUT2D eigenvalue weighted by atomic mass is 9.95. The summed E-state index contributed by atoms with van der Waals surface area (Å²) in [5, 5.41) is 0. The third-order valence-electron chi connectivity index (χ3n) is 3.76. The van der Waals surface area contributed by atoms with Gasteiger partial charge in [-0.2, -0.15) is 0 Å². The van der Waals surface area contributed by atoms with Gasteiger partial charge in [0.05, 0.1) is 16.6 Å². The molecule has 2 aromatic rings. The van der Waals surface area contributed by atoms with Crippen LogP contribution in [0.4, 0.5) is 0 Å². The first kappa shape index (κ1) is 15.6. The van der Waals surface area contributed by atoms with E-state index in [1.807, 2.05) is 6.07 Å². The van der Waals surface area contributed by atoms with Crippen molar-refractivity contribution in [3.63, 3.8) is 0 Å². The summed E-state index contributed by atoms with van der Waals surface area (Å²) in [6.45, 7) is 0.201. The molecule has 1 atom stereocenters. The van der Waals surface area contributed by atoms with Crippen LogP contribution >= 0.6 is 0 Å². The van der Waals surface area contributed by atoms with Gasteiger partial charge in [0.1, 0.15) is 6.61 Å². The molecule has 1 aromatic heterocycles. The van der Waals surface area contributed by atoms with Crippen molar-refractivity contribution in [3.8, 4) is 0 Å². The van der Waals surface area contributed by atoms with Gasteiger partial charge in [0.2, 0.25) is 0 Å². The third kappa shape index (κ3) is 3.40. The van der Waals surface area contributed by atoms with Gasteiger partial charge >= 0.3 is 0 Å². The number of aromatic nitrogens is 1. The Balaban J connectivity index is 1.69. The number of nitrogens with zero attached hydrogens (tertiary/aromatic N) is 1. The summed E-state index contributed by atoms with van der Waals surface area (Å²) in [7, 11) is -3.30. The van der Waals surface area contributed by atoms with E-state index in [-0.39, 0.29) is 29.6 Å². The maximum absolute atomic E-state index is 12.3. The number of sulfone groups is 1. The molecule has 1 N–H and O–H groups in total. The van der Waals surface area contributed by atoms with Crippen LogP contribution in [0.3, 0.4) is 0 Å². The fourth-order valence-corrected chi connectivity index (χ4v) is 4.23. The second-order valence-electron chi connectivity index (χ2n) is 5.31. The number of amides is 1. The Kier molecular flexibility index (Phi) is 4.40. The Morgan fingerprint density at radius 1 is 1.26 bits per heavy atom. The van der Waals surface area contributed by atoms with Gasteiger partial charge in [0.25, 0.3) is 5.91 Å². The monoisotopic (exact) mass is 332 g/mol. The number of carbonyl (C=O) groups is 1. The Hall–Kier alpha value is -2.25. The standard InChI is InChI=1S/C16H16N2O4S/c19-16(18-22-11-12-4-3-8-17-10-12)14-7-9-23(20,21)15-6-2-1-5-13(14)15/h1-6,8,10,14H,7,9,11H2,(H,18,19). The molecule has 0 spiro atoms. The van der Waals surface area contributed by atoms with Gasteiger partial charge in [-0.15, -0.1) is 0 Å². The number of carbonyl (C=O) groups excluding carboxylic acids is 1. The van der Waals surface area contributed by atoms with Crippen molar-refractivity contribution < 1.29 is 18.0 Å². The van der Waals surface area contributed by atoms with E-state index < -0.39 is 15.8 Å². The Bertz CT molecular complexity index is 806. The lowest BCUT2D eigenvalue weighted by Crippen LogP contribution is -2.33. The van der Waals surface area contributed by atoms with E-state index in [9.17, 15) is 13.2 Å². The summed E-state index contributed by atoms with van der Waals surface area (Å²) in [5.41, 5.74) is 3.77. The van der Waals surface area contributed by atoms with Crippen LogP contribution in [0, 0.1) is 0 Å². The Morgan fingerprint density at radius 3 is 2.87 bits per heavy atom. The van der Waals surface area contributed by atoms with Crippen molar-refractivity contribution in [2.24, 2.45) is 0 Å². The lowest BCUT2D eigenvalue weighted by Gasteiger charge is -2.24. The summed E-state index contributed by atoms with van der Waals surface area (Å²) >= 11 is 0. The second kappa shape index (κ2) is 6.47. The zero-order valence-electron chi connectivity index (χ0n) is 12.3. The molecule has 1 unspecified atom stereocenters. The molecule has 0 saturated heterocycles. The highest BCUT2D eigenvalue weighted by Gasteiger charge is 2.34. The molecule has 0 aliphatic carbocycles. The van der Waals surface area contributed by atoms with Crippen molar-refractivity contribution in [1.29, 1.82) is 0 Å². The van der Waals surface area contributed by atoms with E-state index in [0.717, 1.165) is 5.56 Å². The van der Waals surface area contributed by atoms with Crippen LogP contribution in [0.1, 0.15) is 23.5 Å². The molecule has 6 nitrogen and oxygen atoms in total. The maximum atomic E-state index is 12.3. The molecule has 1 aromatic carbocycles. The van der Waals surface area contributed by atoms with Crippen molar-refractivity contribution >= 4 is 15.7 Å². The fraction of sp³-hybridized carbons (Fsp3) is 0.250. The Labute approximate surface area is 134 Å². The molecule has 0 fully saturated rings. The molecule has 1 aliphatic heterocycles. The number of hydroxylamine groups is 1. The highest BCUT2D eigenvalue weighted by molar-refractivity contribution is 7.91. The SMILES string of the molecule is O=C(NOCc1cccnc1)C1CCS(=O)(=O)c2ccccc21. The fourth-order valence-electron chi connectivity index (χ4n) is 2.61. The summed E-state index contributed by atoms with van der Waals surface area (Å²) in [4.78, 5) is 21.7. The zero-order valence-corrected chi connectivity index (χ0v) is 13.1. The minimum atomic E-state index is -3.30. The molecule has 0 saturated carbocycles. The number of nitrogens with one attached hydrogen (secondary N) is 1. The van der Waals surface area contributed by atoms with Crippen LogP contribution in [-0.2, 0) is 26.1 Å². The maximum Gasteiger partial charge on any atom is 0.251 e. The molecule has 1 aliphatic rings. The number of hydrogen-bond acceptors (Lipinski definition) is 5. The first-order valence-electron chi connectivity index (χ1n) is 7.20. The van der Waals surface area contributed by atoms with E-state index in [0.29, 0.717) is 5.56 Å². The number of pyridine rings is 1. The first-order chi connectivity index (χ1) is 11.1. The minimum absolute atomic E-state index is 0.0370. The normalized spacial score (nSPS) is 18.9. The smallest absolute Gasteiger partial charge is 0.251 e. The molecule has 0 bridgehead atoms. The lowest BCUT2D eigenvalue weighted by molar-refractivity contribution is -0.136. The molecule has 0 radical (unpaired) electrons. The van der Waals surface area contributed by atoms with Crippen LogP contribution in [0.5, 0.6) is 0 Å². The average Bonchev–Trinajstić information content (AvgIpc) is 2.56. The van der Waals surface area contributed by atoms with Crippen LogP contribution in [-0.4, -0.2) is 25.1 Å². The molecule has 2 heterocycles. The van der Waals surface area contributed by atoms with Crippen molar-refractivity contribution in [1.82, 2.24) is 10.5 Å². The molecule has 3 rings (SSSR count). The molecule has 7 heteroatoms. The van der Waals surface area contributed by atoms with Gasteiger partial charge in [-0.3, -0.25) is 14.6 Å². The summed E-state index contributed by atoms with van der Waals surface area (Å²) < 4.78 is 24.1. The largest absolute Gasteiger partial charge is 0.272 e. The first-order valence-corrected chi connectivity index (χ1v) is 8.85. The van der Waals surface area contributed by atoms with Crippen molar-refractivity contribution in [2.75, 3.05) is 5.75 Å². The van der Waals surface area contributed by atoms with Gasteiger partial charge < -0.3 is 0 Å². The number of benzene rings is 1. The van der Waals surface area contributed by atoms with Crippen LogP contribution in [0.15, 0.2) is 53.7 Å². The van der Waals surface area contributed by atoms with E-state index in [4.69, 9.17) is 4.84 Å². The summed E-state index contributed by atoms with van der Waals surface area (Å²) in [5.74, 6) is -0.898. The average molecular weight is 332 g/mol. The molecule has 120 valence electrons. The Morgan fingerprint density at radius 2 is 2.09 bits per heavy atom. The summed E-state index contributed by atoms with van der Waals surface area (Å²) in [6.07, 6.45) is 3.55. The molecular formula is C16H16N2O4S. The second-order valence-corrected chi connectivity index (χ2v) is 7.39. The van der Waals surface area contributed by atoms with Crippen LogP contribution in [0.2, 0.25) is 0 Å². The summed E-state index contributed by atoms with van der Waals surface area (Å²) in [6, 6.07) is 10.2. The van der Waals surface area contributed by atoms with E-state index in [1.54, 1.807) is 42.7 Å². The van der Waals surface area contributed by atoms with Crippen LogP contribution in [0.25, 0.3) is 0 Å². The minimum Gasteiger partial charge on any atom is -0.272 e.